The van der Waals surface area contributed by atoms with Crippen LogP contribution in [0, 0.1) is 5.92 Å². The van der Waals surface area contributed by atoms with Crippen molar-refractivity contribution in [2.24, 2.45) is 18.7 Å². The van der Waals surface area contributed by atoms with E-state index >= 15 is 0 Å². The molecule has 0 radical (unpaired) electrons. The summed E-state index contributed by atoms with van der Waals surface area (Å²) in [4.78, 5) is 13.9. The van der Waals surface area contributed by atoms with Gasteiger partial charge in [0.2, 0.25) is 0 Å². The van der Waals surface area contributed by atoms with Gasteiger partial charge in [0.1, 0.15) is 5.69 Å². The number of piperidine rings is 1. The molecule has 2 heterocycles. The first-order chi connectivity index (χ1) is 7.58. The average Bonchev–Trinajstić information content (AvgIpc) is 2.68. The van der Waals surface area contributed by atoms with Gasteiger partial charge >= 0.3 is 0 Å². The van der Waals surface area contributed by atoms with Crippen LogP contribution in [0.3, 0.4) is 0 Å². The van der Waals surface area contributed by atoms with Gasteiger partial charge in [-0.3, -0.25) is 9.48 Å². The van der Waals surface area contributed by atoms with Gasteiger partial charge in [-0.15, -0.1) is 0 Å². The zero-order valence-corrected chi connectivity index (χ0v) is 9.76. The molecule has 0 saturated carbocycles. The highest BCUT2D eigenvalue weighted by Gasteiger charge is 2.27. The molecule has 5 heteroatoms. The zero-order valence-electron chi connectivity index (χ0n) is 9.76. The molecular weight excluding hydrogens is 204 g/mol. The standard InChI is InChI=1S/C11H18N4O/c1-8-3-6-15(7-9(8)12)11(16)10-4-5-14(2)13-10/h4-5,8-9H,3,6-7,12H2,1-2H3. The molecule has 2 unspecified atom stereocenters. The summed E-state index contributed by atoms with van der Waals surface area (Å²) in [5, 5.41) is 4.11. The Balaban J connectivity index is 2.06. The van der Waals surface area contributed by atoms with Crippen LogP contribution >= 0.6 is 0 Å². The summed E-state index contributed by atoms with van der Waals surface area (Å²) in [5.41, 5.74) is 6.47. The van der Waals surface area contributed by atoms with Crippen molar-refractivity contribution in [2.75, 3.05) is 13.1 Å². The third kappa shape index (κ3) is 2.09. The molecule has 1 aliphatic rings. The smallest absolute Gasteiger partial charge is 0.274 e. The minimum atomic E-state index is -0.0112. The highest BCUT2D eigenvalue weighted by Crippen LogP contribution is 2.17. The fourth-order valence-electron chi connectivity index (χ4n) is 1.97. The Morgan fingerprint density at radius 3 is 2.94 bits per heavy atom. The van der Waals surface area contributed by atoms with E-state index in [0.717, 1.165) is 13.0 Å². The highest BCUT2D eigenvalue weighted by atomic mass is 16.2. The van der Waals surface area contributed by atoms with Gasteiger partial charge in [0.15, 0.2) is 0 Å². The van der Waals surface area contributed by atoms with Gasteiger partial charge in [-0.05, 0) is 18.4 Å². The van der Waals surface area contributed by atoms with E-state index < -0.39 is 0 Å². The van der Waals surface area contributed by atoms with Gasteiger partial charge in [0, 0.05) is 32.4 Å². The van der Waals surface area contributed by atoms with Crippen LogP contribution in [-0.2, 0) is 7.05 Å². The van der Waals surface area contributed by atoms with E-state index in [2.05, 4.69) is 12.0 Å². The van der Waals surface area contributed by atoms with Crippen molar-refractivity contribution in [1.82, 2.24) is 14.7 Å². The Kier molecular flexibility index (Phi) is 2.96. The lowest BCUT2D eigenvalue weighted by Gasteiger charge is -2.34. The Labute approximate surface area is 95.2 Å². The molecule has 1 amide bonds. The van der Waals surface area contributed by atoms with Crippen molar-refractivity contribution in [2.45, 2.75) is 19.4 Å². The van der Waals surface area contributed by atoms with Gasteiger partial charge in [0.05, 0.1) is 0 Å². The first-order valence-corrected chi connectivity index (χ1v) is 5.62. The van der Waals surface area contributed by atoms with Gasteiger partial charge < -0.3 is 10.6 Å². The number of aryl methyl sites for hydroxylation is 1. The van der Waals surface area contributed by atoms with E-state index in [4.69, 9.17) is 5.73 Å². The predicted molar refractivity (Wildman–Crippen MR) is 60.9 cm³/mol. The van der Waals surface area contributed by atoms with Crippen molar-refractivity contribution in [3.05, 3.63) is 18.0 Å². The topological polar surface area (TPSA) is 64.2 Å². The maximum Gasteiger partial charge on any atom is 0.274 e. The lowest BCUT2D eigenvalue weighted by Crippen LogP contribution is -2.49. The third-order valence-corrected chi connectivity index (χ3v) is 3.24. The highest BCUT2D eigenvalue weighted by molar-refractivity contribution is 5.92. The number of hydrogen-bond donors (Lipinski definition) is 1. The second kappa shape index (κ2) is 4.25. The van der Waals surface area contributed by atoms with Crippen LogP contribution in [0.2, 0.25) is 0 Å². The molecule has 16 heavy (non-hydrogen) atoms. The molecule has 0 aromatic carbocycles. The van der Waals surface area contributed by atoms with Gasteiger partial charge in [0.25, 0.3) is 5.91 Å². The monoisotopic (exact) mass is 222 g/mol. The SMILES string of the molecule is CC1CCN(C(=O)c2ccn(C)n2)CC1N. The number of nitrogens with two attached hydrogens (primary N) is 1. The number of rotatable bonds is 1. The van der Waals surface area contributed by atoms with E-state index in [0.29, 0.717) is 18.2 Å². The van der Waals surface area contributed by atoms with Crippen LogP contribution in [0.5, 0.6) is 0 Å². The summed E-state index contributed by atoms with van der Waals surface area (Å²) in [6, 6.07) is 1.83. The number of hydrogen-bond acceptors (Lipinski definition) is 3. The van der Waals surface area contributed by atoms with Crippen LogP contribution in [0.4, 0.5) is 0 Å². The molecule has 0 bridgehead atoms. The Hall–Kier alpha value is -1.36. The molecular formula is C11H18N4O. The minimum absolute atomic E-state index is 0.0112. The molecule has 2 atom stereocenters. The number of amides is 1. The Morgan fingerprint density at radius 1 is 1.62 bits per heavy atom. The number of aromatic nitrogens is 2. The largest absolute Gasteiger partial charge is 0.336 e. The Bertz CT molecular complexity index is 387. The lowest BCUT2D eigenvalue weighted by molar-refractivity contribution is 0.0665. The van der Waals surface area contributed by atoms with Crippen molar-refractivity contribution in [3.63, 3.8) is 0 Å². The lowest BCUT2D eigenvalue weighted by atomic mass is 9.94. The summed E-state index contributed by atoms with van der Waals surface area (Å²) in [7, 11) is 1.81. The van der Waals surface area contributed by atoms with E-state index in [9.17, 15) is 4.79 Å². The summed E-state index contributed by atoms with van der Waals surface area (Å²) >= 11 is 0. The summed E-state index contributed by atoms with van der Waals surface area (Å²) < 4.78 is 1.64. The van der Waals surface area contributed by atoms with Crippen molar-refractivity contribution < 1.29 is 4.79 Å². The molecule has 2 rings (SSSR count). The fourth-order valence-corrected chi connectivity index (χ4v) is 1.97. The maximum atomic E-state index is 12.1. The molecule has 1 fully saturated rings. The van der Waals surface area contributed by atoms with Crippen molar-refractivity contribution in [1.29, 1.82) is 0 Å². The van der Waals surface area contributed by atoms with Gasteiger partial charge in [-0.1, -0.05) is 6.92 Å². The van der Waals surface area contributed by atoms with E-state index in [1.807, 2.05) is 0 Å². The second-order valence-electron chi connectivity index (χ2n) is 4.56. The van der Waals surface area contributed by atoms with E-state index in [1.54, 1.807) is 28.9 Å². The number of carbonyl (C=O) groups is 1. The average molecular weight is 222 g/mol. The predicted octanol–water partition coefficient (Wildman–Crippen LogP) is 0.229. The number of likely N-dealkylation sites (tertiary alicyclic amines) is 1. The van der Waals surface area contributed by atoms with Crippen LogP contribution in [0.15, 0.2) is 12.3 Å². The van der Waals surface area contributed by atoms with Crippen LogP contribution < -0.4 is 5.73 Å². The third-order valence-electron chi connectivity index (χ3n) is 3.24. The van der Waals surface area contributed by atoms with Crippen LogP contribution in [-0.4, -0.2) is 39.7 Å². The molecule has 2 N–H and O–H groups in total. The molecule has 88 valence electrons. The molecule has 1 saturated heterocycles. The summed E-state index contributed by atoms with van der Waals surface area (Å²) in [6.45, 7) is 3.55. The van der Waals surface area contributed by atoms with Crippen molar-refractivity contribution >= 4 is 5.91 Å². The first kappa shape index (κ1) is 11.1. The molecule has 1 aromatic rings. The van der Waals surface area contributed by atoms with E-state index in [-0.39, 0.29) is 11.9 Å². The molecule has 0 spiro atoms. The fraction of sp³-hybridized carbons (Fsp3) is 0.636. The van der Waals surface area contributed by atoms with Gasteiger partial charge in [-0.25, -0.2) is 0 Å². The van der Waals surface area contributed by atoms with Crippen LogP contribution in [0.25, 0.3) is 0 Å². The molecule has 1 aliphatic heterocycles. The summed E-state index contributed by atoms with van der Waals surface area (Å²) in [6.07, 6.45) is 2.75. The number of carbonyl (C=O) groups excluding carboxylic acids is 1. The summed E-state index contributed by atoms with van der Waals surface area (Å²) in [5.74, 6) is 0.482. The first-order valence-electron chi connectivity index (χ1n) is 5.62. The molecule has 5 nitrogen and oxygen atoms in total. The van der Waals surface area contributed by atoms with Crippen molar-refractivity contribution in [3.8, 4) is 0 Å². The zero-order chi connectivity index (χ0) is 11.7. The van der Waals surface area contributed by atoms with Gasteiger partial charge in [-0.2, -0.15) is 5.10 Å². The Morgan fingerprint density at radius 2 is 2.38 bits per heavy atom. The molecule has 1 aromatic heterocycles. The maximum absolute atomic E-state index is 12.1. The normalized spacial score (nSPS) is 25.8. The minimum Gasteiger partial charge on any atom is -0.336 e. The quantitative estimate of drug-likeness (QED) is 0.739. The second-order valence-corrected chi connectivity index (χ2v) is 4.56. The molecule has 0 aliphatic carbocycles. The van der Waals surface area contributed by atoms with E-state index in [1.165, 1.54) is 0 Å². The van der Waals surface area contributed by atoms with Crippen LogP contribution in [0.1, 0.15) is 23.8 Å². The number of nitrogens with zero attached hydrogens (tertiary/aromatic N) is 3.